The molecule has 2 aromatic heterocycles. The minimum absolute atomic E-state index is 0. The van der Waals surface area contributed by atoms with Gasteiger partial charge in [-0.05, 0) is 147 Å². The lowest BCUT2D eigenvalue weighted by Crippen LogP contribution is -3.00. The van der Waals surface area contributed by atoms with Gasteiger partial charge in [-0.15, -0.1) is 0 Å². The van der Waals surface area contributed by atoms with Gasteiger partial charge in [-0.25, -0.2) is 49.3 Å². The number of rotatable bonds is 15. The highest BCUT2D eigenvalue weighted by Crippen LogP contribution is 2.50. The third kappa shape index (κ3) is 18.2. The van der Waals surface area contributed by atoms with Crippen molar-refractivity contribution in [3.63, 3.8) is 0 Å². The van der Waals surface area contributed by atoms with E-state index in [0.717, 1.165) is 89.3 Å². The highest BCUT2D eigenvalue weighted by Gasteiger charge is 2.40. The number of fused-ring (bicyclic) bond motifs is 4. The molecule has 2 aliphatic heterocycles. The van der Waals surface area contributed by atoms with Crippen molar-refractivity contribution in [2.75, 3.05) is 13.2 Å². The van der Waals surface area contributed by atoms with Crippen LogP contribution in [0.25, 0.3) is 0 Å². The number of para-hydroxylation sites is 1. The topological polar surface area (TPSA) is 98.2 Å². The van der Waals surface area contributed by atoms with Gasteiger partial charge in [-0.2, -0.15) is 0 Å². The molecule has 0 N–H and O–H groups in total. The van der Waals surface area contributed by atoms with Crippen LogP contribution < -0.4 is 33.1 Å². The van der Waals surface area contributed by atoms with Crippen LogP contribution >= 0.6 is 23.5 Å². The molecule has 2 atom stereocenters. The molecule has 0 amide bonds. The van der Waals surface area contributed by atoms with E-state index >= 15 is 0 Å². The molecular weight excluding hydrogens is 1280 g/mol. The number of aromatic nitrogens is 2. The van der Waals surface area contributed by atoms with E-state index in [1.165, 1.54) is 0 Å². The Bertz CT molecular complexity index is 3920. The van der Waals surface area contributed by atoms with Crippen LogP contribution in [-0.4, -0.2) is 47.1 Å². The summed E-state index contributed by atoms with van der Waals surface area (Å²) in [5.41, 5.74) is 0. The van der Waals surface area contributed by atoms with E-state index < -0.39 is 75.8 Å². The Hall–Kier alpha value is -8.72. The normalized spacial score (nSPS) is 12.5. The van der Waals surface area contributed by atoms with Crippen LogP contribution in [0.4, 0.5) is 48.1 Å². The van der Waals surface area contributed by atoms with Gasteiger partial charge < -0.3 is 33.1 Å². The van der Waals surface area contributed by atoms with Gasteiger partial charge in [-0.3, -0.25) is 12.9 Å². The van der Waals surface area contributed by atoms with Gasteiger partial charge in [0.1, 0.15) is 70.8 Å². The predicted molar refractivity (Wildman–Crippen MR) is 315 cm³/mol. The van der Waals surface area contributed by atoms with Crippen molar-refractivity contribution < 1.29 is 85.4 Å². The van der Waals surface area contributed by atoms with Gasteiger partial charge in [0, 0.05) is 46.5 Å². The van der Waals surface area contributed by atoms with E-state index in [-0.39, 0.29) is 36.5 Å². The number of benzene rings is 8. The predicted octanol–water partition coefficient (Wildman–Crippen LogP) is 15.3. The Morgan fingerprint density at radius 3 is 1.14 bits per heavy atom. The largest absolute Gasteiger partial charge is 1.00 e. The second kappa shape index (κ2) is 31.6. The molecule has 0 radical (unpaired) electrons. The maximum absolute atomic E-state index is 14.3. The number of ether oxygens (including phenoxy) is 6. The number of nitrogens with zero attached hydrogens (tertiary/aromatic N) is 2. The fraction of sp³-hybridized carbons (Fsp3) is 0.0938. The van der Waals surface area contributed by atoms with Gasteiger partial charge in [-0.1, -0.05) is 53.9 Å². The number of pyridine rings is 2. The van der Waals surface area contributed by atoms with Crippen molar-refractivity contribution in [2.24, 2.45) is 0 Å². The smallest absolute Gasteiger partial charge is 0.762 e. The zero-order chi connectivity index (χ0) is 63.1. The summed E-state index contributed by atoms with van der Waals surface area (Å²) in [6.07, 6.45) is 3.06. The first-order valence-corrected chi connectivity index (χ1v) is 30.4. The van der Waals surface area contributed by atoms with Crippen LogP contribution in [-0.2, 0) is 21.7 Å². The molecule has 2 unspecified atom stereocenters. The minimum Gasteiger partial charge on any atom is -1.00 e. The SMILES string of the molecule is CC(COc1ccc(Oc2ccc([S+]3c4cc(F)c(F)cc4Sc4cc(F)c(F)cc43)cc2)cc1)Oc1ccccn1.CC(COc1ccc(Oc2ccccc2)cc1)Oc1ccccn1.FB(F)F.O=S1c2cc(F)c(F)cc2Sc2cc(F)c(F)cc21.[F-]. The molecule has 0 saturated carbocycles. The summed E-state index contributed by atoms with van der Waals surface area (Å²) in [7, 11) is -6.52. The molecule has 9 nitrogen and oxygen atoms in total. The van der Waals surface area contributed by atoms with Crippen LogP contribution in [0.2, 0.25) is 0 Å². The van der Waals surface area contributed by atoms with E-state index in [9.17, 15) is 52.3 Å². The van der Waals surface area contributed by atoms with E-state index in [0.29, 0.717) is 66.7 Å². The molecule has 464 valence electrons. The molecule has 0 fully saturated rings. The second-order valence-corrected chi connectivity index (χ2v) is 24.2. The second-order valence-electron chi connectivity index (χ2n) is 18.6. The Labute approximate surface area is 521 Å². The molecule has 0 spiro atoms. The van der Waals surface area contributed by atoms with Crippen molar-refractivity contribution in [2.45, 2.75) is 70.1 Å². The summed E-state index contributed by atoms with van der Waals surface area (Å²) < 4.78 is 185. The van der Waals surface area contributed by atoms with Crippen molar-refractivity contribution in [1.29, 1.82) is 0 Å². The Kier molecular flexibility index (Phi) is 23.6. The summed E-state index contributed by atoms with van der Waals surface area (Å²) in [5.74, 6) is -3.15. The first-order valence-electron chi connectivity index (χ1n) is 26.4. The third-order valence-corrected chi connectivity index (χ3v) is 18.6. The zero-order valence-electron chi connectivity index (χ0n) is 46.6. The molecule has 2 aliphatic rings. The van der Waals surface area contributed by atoms with Crippen LogP contribution in [0.15, 0.2) is 245 Å². The molecular formula is C64H45BF12N2O7S4. The monoisotopic (exact) mass is 1320 g/mol. The van der Waals surface area contributed by atoms with Gasteiger partial charge in [0.15, 0.2) is 61.2 Å². The van der Waals surface area contributed by atoms with E-state index in [1.54, 1.807) is 67.0 Å². The highest BCUT2D eigenvalue weighted by molar-refractivity contribution is 8.04. The van der Waals surface area contributed by atoms with Crippen molar-refractivity contribution in [3.8, 4) is 46.3 Å². The van der Waals surface area contributed by atoms with Crippen molar-refractivity contribution in [3.05, 3.63) is 247 Å². The Balaban J connectivity index is 0.000000184. The van der Waals surface area contributed by atoms with Crippen molar-refractivity contribution >= 4 is 52.8 Å². The van der Waals surface area contributed by atoms with Crippen LogP contribution in [0.5, 0.6) is 46.3 Å². The Morgan fingerprint density at radius 2 is 0.756 bits per heavy atom. The first kappa shape index (κ1) is 67.2. The maximum Gasteiger partial charge on any atom is 0.762 e. The minimum atomic E-state index is -3.67. The number of halogens is 12. The van der Waals surface area contributed by atoms with Crippen molar-refractivity contribution in [1.82, 2.24) is 9.97 Å². The van der Waals surface area contributed by atoms with Gasteiger partial charge in [0.2, 0.25) is 11.8 Å². The van der Waals surface area contributed by atoms with Crippen LogP contribution in [0.1, 0.15) is 13.8 Å². The molecule has 90 heavy (non-hydrogen) atoms. The Morgan fingerprint density at radius 1 is 0.433 bits per heavy atom. The van der Waals surface area contributed by atoms with Crippen LogP contribution in [0.3, 0.4) is 0 Å². The summed E-state index contributed by atoms with van der Waals surface area (Å²) in [4.78, 5) is 11.5. The fourth-order valence-electron chi connectivity index (χ4n) is 8.05. The summed E-state index contributed by atoms with van der Waals surface area (Å²) >= 11 is 2.01. The van der Waals surface area contributed by atoms with E-state index in [4.69, 9.17) is 28.4 Å². The third-order valence-electron chi connectivity index (χ3n) is 12.0. The molecule has 26 heteroatoms. The van der Waals surface area contributed by atoms with Gasteiger partial charge in [0.05, 0.1) is 30.4 Å². The fourth-order valence-corrected chi connectivity index (χ4v) is 14.5. The first-order chi connectivity index (χ1) is 42.8. The lowest BCUT2D eigenvalue weighted by Gasteiger charge is -2.19. The molecule has 0 aliphatic carbocycles. The molecule has 8 aromatic carbocycles. The average molecular weight is 1320 g/mol. The quantitative estimate of drug-likeness (QED) is 0.0557. The summed E-state index contributed by atoms with van der Waals surface area (Å²) in [6, 6.07) is 50.3. The highest BCUT2D eigenvalue weighted by atomic mass is 32.2. The summed E-state index contributed by atoms with van der Waals surface area (Å²) in [5, 5.41) is 0. The molecule has 4 heterocycles. The lowest BCUT2D eigenvalue weighted by molar-refractivity contribution is -0.0000286. The number of hydrogen-bond acceptors (Lipinski definition) is 11. The standard InChI is InChI=1S/C32H22F4NO3S2.C20H19NO3.C12H4F4OS2.BF3.FH/c1-19(39-32-4-2-3-13-37-32)18-38-20-5-7-21(8-6-20)40-22-9-11-23(12-10-22)42-30-16-26(35)24(33)14-28(30)41-29-15-25(34)27(36)17-31(29)42;1-16(23-20-9-5-6-14-21-20)15-22-17-10-12-19(13-11-17)24-18-7-3-2-4-8-18;13-5-1-9-11(3-7(5)15)19(17)12-4-8(16)6(14)2-10(12)18-9;2-1(3)4;/h2-17,19H,18H2,1H3;2-14,16H,15H2,1H3;1-4H;;1H/q+1;;;;/p-1. The summed E-state index contributed by atoms with van der Waals surface area (Å²) in [6.45, 7) is 4.61. The maximum atomic E-state index is 14.3. The van der Waals surface area contributed by atoms with E-state index in [1.807, 2.05) is 98.8 Å². The van der Waals surface area contributed by atoms with E-state index in [2.05, 4.69) is 9.97 Å². The molecule has 0 bridgehead atoms. The van der Waals surface area contributed by atoms with Crippen LogP contribution in [0, 0.1) is 46.5 Å². The lowest BCUT2D eigenvalue weighted by atomic mass is 10.3. The number of hydrogen-bond donors (Lipinski definition) is 0. The molecule has 12 rings (SSSR count). The average Bonchev–Trinajstić information content (AvgIpc) is 0.836. The molecule has 10 aromatic rings. The zero-order valence-corrected chi connectivity index (χ0v) is 49.9. The van der Waals surface area contributed by atoms with Gasteiger partial charge in [0.25, 0.3) is 0 Å². The van der Waals surface area contributed by atoms with Gasteiger partial charge >= 0.3 is 7.54 Å². The molecule has 0 saturated heterocycles.